The lowest BCUT2D eigenvalue weighted by atomic mass is 9.71. The molecular formula is C16H27N3O2. The molecule has 1 fully saturated rings. The molecule has 1 aliphatic carbocycles. The molecule has 1 aromatic rings. The van der Waals surface area contributed by atoms with E-state index < -0.39 is 5.60 Å². The first-order valence-electron chi connectivity index (χ1n) is 7.73. The summed E-state index contributed by atoms with van der Waals surface area (Å²) in [7, 11) is 0. The van der Waals surface area contributed by atoms with Crippen molar-refractivity contribution in [2.24, 2.45) is 5.41 Å². The molecule has 0 bridgehead atoms. The summed E-state index contributed by atoms with van der Waals surface area (Å²) in [6.07, 6.45) is 5.32. The number of anilines is 1. The second-order valence-corrected chi connectivity index (χ2v) is 7.15. The molecule has 0 spiro atoms. The van der Waals surface area contributed by atoms with Gasteiger partial charge in [0.05, 0.1) is 11.7 Å². The zero-order valence-electron chi connectivity index (χ0n) is 13.5. The van der Waals surface area contributed by atoms with Gasteiger partial charge in [0.2, 0.25) is 5.88 Å². The van der Waals surface area contributed by atoms with Crippen molar-refractivity contribution < 1.29 is 9.84 Å². The minimum absolute atomic E-state index is 0.0810. The number of hydrogen-bond acceptors (Lipinski definition) is 5. The molecular weight excluding hydrogens is 266 g/mol. The fourth-order valence-corrected chi connectivity index (χ4v) is 2.57. The van der Waals surface area contributed by atoms with Crippen molar-refractivity contribution in [3.63, 3.8) is 0 Å². The summed E-state index contributed by atoms with van der Waals surface area (Å²) in [5.41, 5.74) is -0.293. The summed E-state index contributed by atoms with van der Waals surface area (Å²) < 4.78 is 5.55. The van der Waals surface area contributed by atoms with Crippen LogP contribution in [0.2, 0.25) is 0 Å². The van der Waals surface area contributed by atoms with Crippen LogP contribution in [0.25, 0.3) is 0 Å². The highest BCUT2D eigenvalue weighted by Crippen LogP contribution is 2.40. The Bertz CT molecular complexity index is 464. The third-order valence-electron chi connectivity index (χ3n) is 4.13. The zero-order chi connectivity index (χ0) is 15.5. The topological polar surface area (TPSA) is 67.3 Å². The van der Waals surface area contributed by atoms with Crippen LogP contribution >= 0.6 is 0 Å². The van der Waals surface area contributed by atoms with E-state index in [-0.39, 0.29) is 6.10 Å². The SMILES string of the molecule is CC(C)Oc1cc(NCC2(O)CCC(C)(C)CC2)ncn1. The van der Waals surface area contributed by atoms with Gasteiger partial charge < -0.3 is 15.2 Å². The Hall–Kier alpha value is -1.36. The smallest absolute Gasteiger partial charge is 0.218 e. The van der Waals surface area contributed by atoms with Gasteiger partial charge in [0.1, 0.15) is 12.1 Å². The van der Waals surface area contributed by atoms with Gasteiger partial charge in [-0.2, -0.15) is 0 Å². The zero-order valence-corrected chi connectivity index (χ0v) is 13.5. The molecule has 0 amide bonds. The average molecular weight is 293 g/mol. The molecule has 5 heteroatoms. The van der Waals surface area contributed by atoms with Crippen molar-refractivity contribution in [3.05, 3.63) is 12.4 Å². The maximum absolute atomic E-state index is 10.6. The molecule has 0 unspecified atom stereocenters. The summed E-state index contributed by atoms with van der Waals surface area (Å²) in [5, 5.41) is 13.9. The van der Waals surface area contributed by atoms with E-state index in [0.29, 0.717) is 23.7 Å². The van der Waals surface area contributed by atoms with Gasteiger partial charge in [-0.15, -0.1) is 0 Å². The van der Waals surface area contributed by atoms with E-state index >= 15 is 0 Å². The molecule has 0 aromatic carbocycles. The predicted octanol–water partition coefficient (Wildman–Crippen LogP) is 3.01. The Balaban J connectivity index is 1.91. The summed E-state index contributed by atoms with van der Waals surface area (Å²) in [5.74, 6) is 1.25. The van der Waals surface area contributed by atoms with E-state index in [2.05, 4.69) is 29.1 Å². The van der Waals surface area contributed by atoms with E-state index in [9.17, 15) is 5.11 Å². The number of rotatable bonds is 5. The van der Waals surface area contributed by atoms with Crippen LogP contribution in [0.5, 0.6) is 5.88 Å². The third-order valence-corrected chi connectivity index (χ3v) is 4.13. The van der Waals surface area contributed by atoms with Crippen molar-refractivity contribution >= 4 is 5.82 Å². The Morgan fingerprint density at radius 2 is 1.90 bits per heavy atom. The first-order valence-corrected chi connectivity index (χ1v) is 7.73. The van der Waals surface area contributed by atoms with Gasteiger partial charge >= 0.3 is 0 Å². The van der Waals surface area contributed by atoms with Crippen LogP contribution in [0.15, 0.2) is 12.4 Å². The van der Waals surface area contributed by atoms with Crippen molar-refractivity contribution in [2.45, 2.75) is 65.1 Å². The number of nitrogens with zero attached hydrogens (tertiary/aromatic N) is 2. The van der Waals surface area contributed by atoms with Crippen LogP contribution in [0, 0.1) is 5.41 Å². The molecule has 2 N–H and O–H groups in total. The summed E-state index contributed by atoms with van der Waals surface area (Å²) in [6, 6.07) is 1.77. The lowest BCUT2D eigenvalue weighted by Crippen LogP contribution is -2.42. The Morgan fingerprint density at radius 3 is 2.52 bits per heavy atom. The Labute approximate surface area is 127 Å². The highest BCUT2D eigenvalue weighted by atomic mass is 16.5. The van der Waals surface area contributed by atoms with Crippen LogP contribution in [-0.4, -0.2) is 33.3 Å². The number of aromatic nitrogens is 2. The maximum atomic E-state index is 10.6. The van der Waals surface area contributed by atoms with Gasteiger partial charge in [0, 0.05) is 12.6 Å². The van der Waals surface area contributed by atoms with Crippen LogP contribution in [0.3, 0.4) is 0 Å². The molecule has 5 nitrogen and oxygen atoms in total. The fraction of sp³-hybridized carbons (Fsp3) is 0.750. The second kappa shape index (κ2) is 6.18. The van der Waals surface area contributed by atoms with Crippen LogP contribution in [-0.2, 0) is 0 Å². The molecule has 1 aliphatic rings. The van der Waals surface area contributed by atoms with Crippen molar-refractivity contribution in [2.75, 3.05) is 11.9 Å². The molecule has 21 heavy (non-hydrogen) atoms. The van der Waals surface area contributed by atoms with Crippen LogP contribution in [0.1, 0.15) is 53.4 Å². The van der Waals surface area contributed by atoms with Gasteiger partial charge in [-0.1, -0.05) is 13.8 Å². The largest absolute Gasteiger partial charge is 0.475 e. The number of ether oxygens (including phenoxy) is 1. The highest BCUT2D eigenvalue weighted by Gasteiger charge is 2.36. The van der Waals surface area contributed by atoms with Crippen molar-refractivity contribution in [1.29, 1.82) is 0 Å². The summed E-state index contributed by atoms with van der Waals surface area (Å²) in [6.45, 7) is 8.96. The van der Waals surface area contributed by atoms with Gasteiger partial charge in [-0.3, -0.25) is 0 Å². The van der Waals surface area contributed by atoms with Gasteiger partial charge in [0.25, 0.3) is 0 Å². The molecule has 1 saturated carbocycles. The lowest BCUT2D eigenvalue weighted by Gasteiger charge is -2.40. The first kappa shape index (κ1) is 16.0. The molecule has 0 radical (unpaired) electrons. The highest BCUT2D eigenvalue weighted by molar-refractivity contribution is 5.37. The van der Waals surface area contributed by atoms with E-state index in [4.69, 9.17) is 4.74 Å². The van der Waals surface area contributed by atoms with E-state index in [1.807, 2.05) is 13.8 Å². The Morgan fingerprint density at radius 1 is 1.24 bits per heavy atom. The Kier molecular flexibility index (Phi) is 4.71. The minimum atomic E-state index is -0.639. The van der Waals surface area contributed by atoms with Gasteiger partial charge in [0.15, 0.2) is 0 Å². The molecule has 0 aliphatic heterocycles. The first-order chi connectivity index (χ1) is 9.78. The fourth-order valence-electron chi connectivity index (χ4n) is 2.57. The number of nitrogens with one attached hydrogen (secondary N) is 1. The number of aliphatic hydroxyl groups is 1. The van der Waals surface area contributed by atoms with Crippen LogP contribution in [0.4, 0.5) is 5.82 Å². The molecule has 1 heterocycles. The minimum Gasteiger partial charge on any atom is -0.475 e. The second-order valence-electron chi connectivity index (χ2n) is 7.15. The van der Waals surface area contributed by atoms with E-state index in [1.54, 1.807) is 6.07 Å². The van der Waals surface area contributed by atoms with Gasteiger partial charge in [-0.25, -0.2) is 9.97 Å². The van der Waals surface area contributed by atoms with Crippen molar-refractivity contribution in [1.82, 2.24) is 9.97 Å². The summed E-state index contributed by atoms with van der Waals surface area (Å²) in [4.78, 5) is 8.25. The predicted molar refractivity (Wildman–Crippen MR) is 83.5 cm³/mol. The van der Waals surface area contributed by atoms with Crippen molar-refractivity contribution in [3.8, 4) is 5.88 Å². The van der Waals surface area contributed by atoms with E-state index in [0.717, 1.165) is 25.7 Å². The molecule has 1 aromatic heterocycles. The molecule has 0 atom stereocenters. The lowest BCUT2D eigenvalue weighted by molar-refractivity contribution is -0.0146. The standard InChI is InChI=1S/C16H27N3O2/c1-12(2)21-14-9-13(18-11-19-14)17-10-16(20)7-5-15(3,4)6-8-16/h9,11-12,20H,5-8,10H2,1-4H3,(H,17,18,19). The number of hydrogen-bond donors (Lipinski definition) is 2. The molecule has 118 valence electrons. The monoisotopic (exact) mass is 293 g/mol. The quantitative estimate of drug-likeness (QED) is 0.873. The molecule has 0 saturated heterocycles. The van der Waals surface area contributed by atoms with Gasteiger partial charge in [-0.05, 0) is 44.9 Å². The average Bonchev–Trinajstić information content (AvgIpc) is 2.41. The maximum Gasteiger partial charge on any atom is 0.218 e. The van der Waals surface area contributed by atoms with Crippen LogP contribution < -0.4 is 10.1 Å². The summed E-state index contributed by atoms with van der Waals surface area (Å²) >= 11 is 0. The normalized spacial score (nSPS) is 20.3. The van der Waals surface area contributed by atoms with E-state index in [1.165, 1.54) is 6.33 Å². The molecule has 2 rings (SSSR count). The third kappa shape index (κ3) is 4.84.